The van der Waals surface area contributed by atoms with Gasteiger partial charge in [-0.05, 0) is 24.6 Å². The smallest absolute Gasteiger partial charge is 0.329 e. The van der Waals surface area contributed by atoms with Crippen LogP contribution >= 0.6 is 0 Å². The first-order valence-corrected chi connectivity index (χ1v) is 5.55. The van der Waals surface area contributed by atoms with Gasteiger partial charge in [-0.1, -0.05) is 6.07 Å². The highest BCUT2D eigenvalue weighted by atomic mass is 19.1. The van der Waals surface area contributed by atoms with Crippen LogP contribution in [-0.2, 0) is 14.3 Å². The molecule has 0 heterocycles. The molecule has 0 saturated carbocycles. The van der Waals surface area contributed by atoms with Crippen molar-refractivity contribution in [3.05, 3.63) is 29.6 Å². The maximum absolute atomic E-state index is 13.4. The zero-order chi connectivity index (χ0) is 15.1. The lowest BCUT2D eigenvalue weighted by Crippen LogP contribution is -2.37. The van der Waals surface area contributed by atoms with Crippen molar-refractivity contribution in [2.45, 2.75) is 6.92 Å². The van der Waals surface area contributed by atoms with Gasteiger partial charge in [0, 0.05) is 0 Å². The molecule has 0 radical (unpaired) electrons. The Hall–Kier alpha value is -2.48. The maximum Gasteiger partial charge on any atom is 0.329 e. The third-order valence-electron chi connectivity index (χ3n) is 2.08. The van der Waals surface area contributed by atoms with Crippen LogP contribution in [0.1, 0.15) is 5.56 Å². The number of aryl methyl sites for hydroxylation is 1. The fraction of sp³-hybridized carbons (Fsp3) is 0.250. The van der Waals surface area contributed by atoms with Crippen LogP contribution in [0.5, 0.6) is 0 Å². The minimum absolute atomic E-state index is 0.0765. The monoisotopic (exact) mass is 284 g/mol. The normalized spacial score (nSPS) is 9.90. The number of benzene rings is 1. The van der Waals surface area contributed by atoms with Gasteiger partial charge in [-0.3, -0.25) is 10.1 Å². The molecule has 0 saturated heterocycles. The molecule has 0 unspecified atom stereocenters. The average molecular weight is 284 g/mol. The topological polar surface area (TPSA) is 105 Å². The fourth-order valence-corrected chi connectivity index (χ4v) is 1.27. The summed E-state index contributed by atoms with van der Waals surface area (Å²) in [6.07, 6.45) is 0. The summed E-state index contributed by atoms with van der Waals surface area (Å²) < 4.78 is 17.9. The largest absolute Gasteiger partial charge is 0.480 e. The molecule has 0 aliphatic rings. The van der Waals surface area contributed by atoms with Crippen molar-refractivity contribution < 1.29 is 28.6 Å². The Labute approximate surface area is 113 Å². The van der Waals surface area contributed by atoms with E-state index in [2.05, 4.69) is 10.1 Å². The van der Waals surface area contributed by atoms with Crippen molar-refractivity contribution >= 4 is 23.6 Å². The second kappa shape index (κ2) is 7.19. The summed E-state index contributed by atoms with van der Waals surface area (Å²) in [7, 11) is 0. The highest BCUT2D eigenvalue weighted by Crippen LogP contribution is 2.14. The van der Waals surface area contributed by atoms with Crippen LogP contribution in [0.15, 0.2) is 18.2 Å². The molecule has 0 bridgehead atoms. The summed E-state index contributed by atoms with van der Waals surface area (Å²) in [6, 6.07) is 3.25. The number of carbonyl (C=O) groups excluding carboxylic acids is 2. The van der Waals surface area contributed by atoms with Gasteiger partial charge in [-0.2, -0.15) is 0 Å². The van der Waals surface area contributed by atoms with Gasteiger partial charge in [-0.25, -0.2) is 14.0 Å². The van der Waals surface area contributed by atoms with Crippen molar-refractivity contribution in [2.75, 3.05) is 18.5 Å². The van der Waals surface area contributed by atoms with Crippen LogP contribution < -0.4 is 10.6 Å². The number of urea groups is 1. The van der Waals surface area contributed by atoms with E-state index >= 15 is 0 Å². The lowest BCUT2D eigenvalue weighted by molar-refractivity contribution is -0.143. The second-order valence-electron chi connectivity index (χ2n) is 3.87. The third kappa shape index (κ3) is 5.44. The number of imide groups is 1. The van der Waals surface area contributed by atoms with Crippen LogP contribution in [0.25, 0.3) is 0 Å². The maximum atomic E-state index is 13.4. The SMILES string of the molecule is Cc1ccc(NC(=O)NC(=O)COCC(=O)O)c(F)c1. The Morgan fingerprint density at radius 2 is 2.00 bits per heavy atom. The molecule has 20 heavy (non-hydrogen) atoms. The molecule has 0 aromatic heterocycles. The minimum atomic E-state index is -1.23. The molecule has 0 fully saturated rings. The number of hydrogen-bond donors (Lipinski definition) is 3. The minimum Gasteiger partial charge on any atom is -0.480 e. The molecule has 108 valence electrons. The van der Waals surface area contributed by atoms with Gasteiger partial charge in [0.15, 0.2) is 0 Å². The van der Waals surface area contributed by atoms with E-state index in [1.165, 1.54) is 12.1 Å². The predicted octanol–water partition coefficient (Wildman–Crippen LogP) is 0.883. The quantitative estimate of drug-likeness (QED) is 0.744. The highest BCUT2D eigenvalue weighted by molar-refractivity contribution is 6.01. The zero-order valence-corrected chi connectivity index (χ0v) is 10.6. The predicted molar refractivity (Wildman–Crippen MR) is 66.8 cm³/mol. The highest BCUT2D eigenvalue weighted by Gasteiger charge is 2.11. The molecule has 8 heteroatoms. The number of halogens is 1. The van der Waals surface area contributed by atoms with Crippen molar-refractivity contribution in [2.24, 2.45) is 0 Å². The number of anilines is 1. The first-order chi connectivity index (χ1) is 9.38. The van der Waals surface area contributed by atoms with Crippen LogP contribution in [0.3, 0.4) is 0 Å². The van der Waals surface area contributed by atoms with E-state index in [1.54, 1.807) is 13.0 Å². The molecule has 0 atom stereocenters. The number of hydrogen-bond acceptors (Lipinski definition) is 4. The summed E-state index contributed by atoms with van der Waals surface area (Å²) in [4.78, 5) is 32.7. The standard InChI is InChI=1S/C12H13FN2O5/c1-7-2-3-9(8(13)4-7)14-12(19)15-10(16)5-20-6-11(17)18/h2-4H,5-6H2,1H3,(H,17,18)(H2,14,15,16,19). The fourth-order valence-electron chi connectivity index (χ4n) is 1.27. The van der Waals surface area contributed by atoms with Gasteiger partial charge in [0.2, 0.25) is 0 Å². The van der Waals surface area contributed by atoms with Gasteiger partial charge in [0.25, 0.3) is 5.91 Å². The number of ether oxygens (including phenoxy) is 1. The number of carboxylic acids is 1. The van der Waals surface area contributed by atoms with E-state index in [4.69, 9.17) is 5.11 Å². The molecular weight excluding hydrogens is 271 g/mol. The number of carboxylic acid groups (broad SMARTS) is 1. The average Bonchev–Trinajstić information content (AvgIpc) is 2.32. The number of aliphatic carboxylic acids is 1. The molecule has 7 nitrogen and oxygen atoms in total. The number of amides is 3. The van der Waals surface area contributed by atoms with Gasteiger partial charge < -0.3 is 15.2 Å². The summed E-state index contributed by atoms with van der Waals surface area (Å²) in [5.74, 6) is -2.70. The van der Waals surface area contributed by atoms with E-state index in [9.17, 15) is 18.8 Å². The van der Waals surface area contributed by atoms with Gasteiger partial charge in [-0.15, -0.1) is 0 Å². The Morgan fingerprint density at radius 3 is 2.60 bits per heavy atom. The molecule has 1 aromatic rings. The van der Waals surface area contributed by atoms with E-state index in [-0.39, 0.29) is 5.69 Å². The Morgan fingerprint density at radius 1 is 1.30 bits per heavy atom. The molecule has 1 rings (SSSR count). The van der Waals surface area contributed by atoms with Gasteiger partial charge in [0.05, 0.1) is 5.69 Å². The molecule has 0 aliphatic heterocycles. The van der Waals surface area contributed by atoms with E-state index in [0.29, 0.717) is 5.56 Å². The van der Waals surface area contributed by atoms with Crippen molar-refractivity contribution in [1.82, 2.24) is 5.32 Å². The van der Waals surface area contributed by atoms with Crippen LogP contribution in [0, 0.1) is 12.7 Å². The zero-order valence-electron chi connectivity index (χ0n) is 10.6. The van der Waals surface area contributed by atoms with E-state index in [0.717, 1.165) is 0 Å². The first kappa shape index (κ1) is 15.6. The van der Waals surface area contributed by atoms with Crippen molar-refractivity contribution in [1.29, 1.82) is 0 Å². The van der Waals surface area contributed by atoms with E-state index < -0.39 is 36.9 Å². The third-order valence-corrected chi connectivity index (χ3v) is 2.08. The lowest BCUT2D eigenvalue weighted by Gasteiger charge is -2.08. The van der Waals surface area contributed by atoms with Gasteiger partial charge >= 0.3 is 12.0 Å². The molecule has 3 N–H and O–H groups in total. The Kier molecular flexibility index (Phi) is 5.60. The second-order valence-corrected chi connectivity index (χ2v) is 3.87. The summed E-state index contributed by atoms with van der Waals surface area (Å²) in [5, 5.41) is 12.3. The molecule has 1 aromatic carbocycles. The summed E-state index contributed by atoms with van der Waals surface area (Å²) in [5.41, 5.74) is 0.610. The van der Waals surface area contributed by atoms with Crippen molar-refractivity contribution in [3.63, 3.8) is 0 Å². The van der Waals surface area contributed by atoms with Crippen LogP contribution in [-0.4, -0.2) is 36.2 Å². The Balaban J connectivity index is 2.43. The summed E-state index contributed by atoms with van der Waals surface area (Å²) >= 11 is 0. The molecule has 3 amide bonds. The molecule has 0 spiro atoms. The Bertz CT molecular complexity index is 533. The van der Waals surface area contributed by atoms with Crippen LogP contribution in [0.2, 0.25) is 0 Å². The summed E-state index contributed by atoms with van der Waals surface area (Å²) in [6.45, 7) is 0.452. The molecule has 0 aliphatic carbocycles. The molecular formula is C12H13FN2O5. The number of carbonyl (C=O) groups is 3. The van der Waals surface area contributed by atoms with Gasteiger partial charge in [0.1, 0.15) is 19.0 Å². The lowest BCUT2D eigenvalue weighted by atomic mass is 10.2. The van der Waals surface area contributed by atoms with Crippen LogP contribution in [0.4, 0.5) is 14.9 Å². The van der Waals surface area contributed by atoms with Crippen molar-refractivity contribution in [3.8, 4) is 0 Å². The number of nitrogens with one attached hydrogen (secondary N) is 2. The van der Waals surface area contributed by atoms with E-state index in [1.807, 2.05) is 5.32 Å². The number of rotatable bonds is 5. The first-order valence-electron chi connectivity index (χ1n) is 5.55.